The molecule has 4 rings (SSSR count). The van der Waals surface area contributed by atoms with Gasteiger partial charge in [-0.2, -0.15) is 0 Å². The lowest BCUT2D eigenvalue weighted by Crippen LogP contribution is -2.39. The largest absolute Gasteiger partial charge is 0.491 e. The highest BCUT2D eigenvalue weighted by molar-refractivity contribution is 5.94. The second-order valence-electron chi connectivity index (χ2n) is 9.09. The van der Waals surface area contributed by atoms with E-state index in [0.717, 1.165) is 50.0 Å². The molecule has 1 unspecified atom stereocenters. The topological polar surface area (TPSA) is 73.6 Å². The number of nitrogens with two attached hydrogens (primary N) is 1. The van der Waals surface area contributed by atoms with Crippen LogP contribution < -0.4 is 15.8 Å². The van der Waals surface area contributed by atoms with Crippen LogP contribution in [0.1, 0.15) is 60.2 Å². The van der Waals surface area contributed by atoms with Crippen LogP contribution in [-0.2, 0) is 23.1 Å². The van der Waals surface area contributed by atoms with Crippen LogP contribution in [0, 0.1) is 0 Å². The highest BCUT2D eigenvalue weighted by Gasteiger charge is 2.23. The molecule has 1 amide bonds. The van der Waals surface area contributed by atoms with E-state index in [9.17, 15) is 4.79 Å². The van der Waals surface area contributed by atoms with Crippen molar-refractivity contribution in [2.75, 3.05) is 13.2 Å². The van der Waals surface area contributed by atoms with Gasteiger partial charge in [-0.1, -0.05) is 18.2 Å². The van der Waals surface area contributed by atoms with Crippen molar-refractivity contribution in [2.24, 2.45) is 5.73 Å². The predicted molar refractivity (Wildman–Crippen MR) is 118 cm³/mol. The summed E-state index contributed by atoms with van der Waals surface area (Å²) < 4.78 is 11.4. The molecule has 1 aliphatic heterocycles. The number of carbonyl (C=O) groups is 1. The van der Waals surface area contributed by atoms with Crippen molar-refractivity contribution in [3.63, 3.8) is 0 Å². The molecule has 1 saturated heterocycles. The van der Waals surface area contributed by atoms with Gasteiger partial charge in [0.25, 0.3) is 5.91 Å². The van der Waals surface area contributed by atoms with Gasteiger partial charge in [-0.25, -0.2) is 0 Å². The van der Waals surface area contributed by atoms with E-state index >= 15 is 0 Å². The predicted octanol–water partition coefficient (Wildman–Crippen LogP) is 3.73. The number of nitrogens with one attached hydrogen (secondary N) is 1. The van der Waals surface area contributed by atoms with E-state index in [4.69, 9.17) is 15.2 Å². The monoisotopic (exact) mass is 408 g/mol. The summed E-state index contributed by atoms with van der Waals surface area (Å²) in [4.78, 5) is 12.7. The number of benzene rings is 2. The summed E-state index contributed by atoms with van der Waals surface area (Å²) in [6.45, 7) is 5.44. The molecule has 0 saturated carbocycles. The van der Waals surface area contributed by atoms with Crippen LogP contribution in [0.2, 0.25) is 0 Å². The molecule has 1 aliphatic carbocycles. The van der Waals surface area contributed by atoms with Gasteiger partial charge in [0, 0.05) is 23.8 Å². The average Bonchev–Trinajstić information content (AvgIpc) is 3.25. The van der Waals surface area contributed by atoms with Crippen molar-refractivity contribution in [3.05, 3.63) is 64.7 Å². The van der Waals surface area contributed by atoms with Gasteiger partial charge in [0.2, 0.25) is 0 Å². The second-order valence-corrected chi connectivity index (χ2v) is 9.09. The molecular formula is C25H32N2O3. The van der Waals surface area contributed by atoms with Crippen LogP contribution in [0.15, 0.2) is 42.5 Å². The number of aryl methyl sites for hydroxylation is 1. The second kappa shape index (κ2) is 8.78. The molecular weight excluding hydrogens is 376 g/mol. The fourth-order valence-corrected chi connectivity index (χ4v) is 4.22. The maximum Gasteiger partial charge on any atom is 0.251 e. The molecule has 2 atom stereocenters. The average molecular weight is 409 g/mol. The molecule has 0 bridgehead atoms. The lowest BCUT2D eigenvalue weighted by molar-refractivity contribution is 0.0679. The van der Waals surface area contributed by atoms with Gasteiger partial charge < -0.3 is 20.5 Å². The van der Waals surface area contributed by atoms with E-state index in [-0.39, 0.29) is 23.6 Å². The fourth-order valence-electron chi connectivity index (χ4n) is 4.22. The normalized spacial score (nSPS) is 21.2. The highest BCUT2D eigenvalue weighted by Crippen LogP contribution is 2.27. The molecule has 1 fully saturated rings. The molecule has 2 aromatic rings. The van der Waals surface area contributed by atoms with Gasteiger partial charge in [-0.3, -0.25) is 4.79 Å². The minimum absolute atomic E-state index is 0.0335. The lowest BCUT2D eigenvalue weighted by Gasteiger charge is -2.28. The first-order chi connectivity index (χ1) is 14.4. The van der Waals surface area contributed by atoms with Crippen molar-refractivity contribution < 1.29 is 14.3 Å². The molecule has 3 N–H and O–H groups in total. The van der Waals surface area contributed by atoms with Crippen LogP contribution in [0.25, 0.3) is 0 Å². The van der Waals surface area contributed by atoms with Crippen LogP contribution in [0.5, 0.6) is 5.75 Å². The zero-order valence-electron chi connectivity index (χ0n) is 17.9. The number of rotatable bonds is 6. The number of hydrogen-bond acceptors (Lipinski definition) is 4. The van der Waals surface area contributed by atoms with Gasteiger partial charge in [-0.15, -0.1) is 0 Å². The van der Waals surface area contributed by atoms with Crippen molar-refractivity contribution in [2.45, 2.75) is 63.6 Å². The Morgan fingerprint density at radius 2 is 1.97 bits per heavy atom. The summed E-state index contributed by atoms with van der Waals surface area (Å²) in [6.07, 6.45) is 5.10. The first-order valence-corrected chi connectivity index (χ1v) is 10.9. The Labute approximate surface area is 178 Å². The Hall–Kier alpha value is -2.37. The number of fused-ring (bicyclic) bond motifs is 1. The van der Waals surface area contributed by atoms with Crippen LogP contribution in [-0.4, -0.2) is 31.3 Å². The molecule has 5 nitrogen and oxygen atoms in total. The lowest BCUT2D eigenvalue weighted by atomic mass is 9.84. The zero-order chi connectivity index (χ0) is 21.1. The summed E-state index contributed by atoms with van der Waals surface area (Å²) in [7, 11) is 0. The third kappa shape index (κ3) is 5.02. The first kappa shape index (κ1) is 20.9. The van der Waals surface area contributed by atoms with Gasteiger partial charge in [0.05, 0.1) is 6.10 Å². The quantitative estimate of drug-likeness (QED) is 0.764. The molecule has 1 heterocycles. The van der Waals surface area contributed by atoms with Crippen LogP contribution in [0.3, 0.4) is 0 Å². The minimum Gasteiger partial charge on any atom is -0.491 e. The highest BCUT2D eigenvalue weighted by atomic mass is 16.5. The summed E-state index contributed by atoms with van der Waals surface area (Å²) in [6, 6.07) is 14.0. The zero-order valence-corrected chi connectivity index (χ0v) is 17.9. The first-order valence-electron chi connectivity index (χ1n) is 10.9. The molecule has 2 aliphatic rings. The smallest absolute Gasteiger partial charge is 0.251 e. The van der Waals surface area contributed by atoms with Crippen molar-refractivity contribution in [1.82, 2.24) is 5.32 Å². The Morgan fingerprint density at radius 1 is 1.17 bits per heavy atom. The van der Waals surface area contributed by atoms with Crippen molar-refractivity contribution in [1.29, 1.82) is 0 Å². The number of ether oxygens (including phenoxy) is 2. The van der Waals surface area contributed by atoms with Gasteiger partial charge >= 0.3 is 0 Å². The molecule has 2 aromatic carbocycles. The van der Waals surface area contributed by atoms with Gasteiger partial charge in [0.15, 0.2) is 0 Å². The standard InChI is InChI=1S/C25H32N2O3/c1-25(2,26)20-9-5-19-15-21(10-6-18(19)14-20)27-24(28)17-7-11-22(12-8-17)30-16-23-4-3-13-29-23/h5,7-9,11-12,14,21,23H,3-4,6,10,13,15-16,26H2,1-2H3,(H,27,28)/t21?,23-/m0/s1. The molecule has 0 radical (unpaired) electrons. The van der Waals surface area contributed by atoms with E-state index in [0.29, 0.717) is 12.2 Å². The van der Waals surface area contributed by atoms with E-state index in [1.165, 1.54) is 11.1 Å². The van der Waals surface area contributed by atoms with Crippen molar-refractivity contribution >= 4 is 5.91 Å². The maximum absolute atomic E-state index is 12.7. The van der Waals surface area contributed by atoms with E-state index in [1.807, 2.05) is 38.1 Å². The summed E-state index contributed by atoms with van der Waals surface area (Å²) in [5, 5.41) is 3.19. The van der Waals surface area contributed by atoms with Gasteiger partial charge in [0.1, 0.15) is 12.4 Å². The third-order valence-corrected chi connectivity index (χ3v) is 6.09. The SMILES string of the molecule is CC(C)(N)c1ccc2c(c1)CCC(NC(=O)c1ccc(OC[C@@H]3CCCO3)cc1)C2. The molecule has 0 spiro atoms. The number of hydrogen-bond donors (Lipinski definition) is 2. The fraction of sp³-hybridized carbons (Fsp3) is 0.480. The van der Waals surface area contributed by atoms with Gasteiger partial charge in [-0.05, 0) is 86.9 Å². The van der Waals surface area contributed by atoms with E-state index in [2.05, 4.69) is 23.5 Å². The molecule has 160 valence electrons. The molecule has 30 heavy (non-hydrogen) atoms. The van der Waals surface area contributed by atoms with Crippen molar-refractivity contribution in [3.8, 4) is 5.75 Å². The van der Waals surface area contributed by atoms with E-state index < -0.39 is 0 Å². The van der Waals surface area contributed by atoms with Crippen LogP contribution in [0.4, 0.5) is 0 Å². The maximum atomic E-state index is 12.7. The third-order valence-electron chi connectivity index (χ3n) is 6.09. The number of carbonyl (C=O) groups excluding carboxylic acids is 1. The summed E-state index contributed by atoms with van der Waals surface area (Å²) >= 11 is 0. The Bertz CT molecular complexity index is 880. The summed E-state index contributed by atoms with van der Waals surface area (Å²) in [5.74, 6) is 0.737. The molecule has 0 aromatic heterocycles. The molecule has 5 heteroatoms. The Kier molecular flexibility index (Phi) is 6.11. The van der Waals surface area contributed by atoms with E-state index in [1.54, 1.807) is 0 Å². The van der Waals surface area contributed by atoms with Crippen LogP contribution >= 0.6 is 0 Å². The Morgan fingerprint density at radius 3 is 2.67 bits per heavy atom. The number of amides is 1. The summed E-state index contributed by atoms with van der Waals surface area (Å²) in [5.41, 5.74) is 10.4. The minimum atomic E-state index is -0.333. The Balaban J connectivity index is 1.32.